The van der Waals surface area contributed by atoms with Gasteiger partial charge < -0.3 is 10.6 Å². The van der Waals surface area contributed by atoms with Crippen molar-refractivity contribution in [2.45, 2.75) is 26.8 Å². The van der Waals surface area contributed by atoms with E-state index in [9.17, 15) is 9.59 Å². The van der Waals surface area contributed by atoms with Crippen molar-refractivity contribution in [3.8, 4) is 0 Å². The molecule has 1 aromatic carbocycles. The number of benzene rings is 1. The van der Waals surface area contributed by atoms with E-state index in [4.69, 9.17) is 0 Å². The Morgan fingerprint density at radius 2 is 2.00 bits per heavy atom. The fourth-order valence-corrected chi connectivity index (χ4v) is 2.11. The Hall–Kier alpha value is -1.36. The third kappa shape index (κ3) is 4.49. The molecule has 0 aliphatic rings. The lowest BCUT2D eigenvalue weighted by Gasteiger charge is -2.10. The zero-order valence-corrected chi connectivity index (χ0v) is 12.3. The quantitative estimate of drug-likeness (QED) is 0.893. The van der Waals surface area contributed by atoms with Crippen molar-refractivity contribution in [3.63, 3.8) is 0 Å². The highest BCUT2D eigenvalue weighted by atomic mass is 79.9. The van der Waals surface area contributed by atoms with Gasteiger partial charge in [-0.05, 0) is 54.4 Å². The van der Waals surface area contributed by atoms with Crippen molar-refractivity contribution >= 4 is 27.7 Å². The standard InChI is InChI=1S/C13H17BrN2O2/c1-8(2)16-12(17)7-15-13(18)10-5-4-9(3)6-11(10)14/h4-6,8H,7H2,1-3H3,(H,15,18)(H,16,17). The van der Waals surface area contributed by atoms with Gasteiger partial charge in [-0.2, -0.15) is 0 Å². The van der Waals surface area contributed by atoms with Crippen molar-refractivity contribution in [2.24, 2.45) is 0 Å². The lowest BCUT2D eigenvalue weighted by molar-refractivity contribution is -0.120. The molecule has 5 heteroatoms. The van der Waals surface area contributed by atoms with Gasteiger partial charge in [0.05, 0.1) is 12.1 Å². The van der Waals surface area contributed by atoms with E-state index in [-0.39, 0.29) is 24.4 Å². The number of aryl methyl sites for hydroxylation is 1. The Bertz CT molecular complexity index is 458. The van der Waals surface area contributed by atoms with Gasteiger partial charge in [-0.15, -0.1) is 0 Å². The molecule has 1 aromatic rings. The molecule has 0 saturated heterocycles. The molecule has 1 rings (SSSR count). The van der Waals surface area contributed by atoms with Crippen LogP contribution >= 0.6 is 15.9 Å². The molecular formula is C13H17BrN2O2. The van der Waals surface area contributed by atoms with Crippen LogP contribution in [-0.4, -0.2) is 24.4 Å². The highest BCUT2D eigenvalue weighted by molar-refractivity contribution is 9.10. The van der Waals surface area contributed by atoms with Gasteiger partial charge in [-0.1, -0.05) is 6.07 Å². The zero-order valence-electron chi connectivity index (χ0n) is 10.7. The van der Waals surface area contributed by atoms with E-state index in [1.165, 1.54) is 0 Å². The van der Waals surface area contributed by atoms with Crippen molar-refractivity contribution in [1.29, 1.82) is 0 Å². The Labute approximate surface area is 115 Å². The fourth-order valence-electron chi connectivity index (χ4n) is 1.43. The van der Waals surface area contributed by atoms with Crippen LogP contribution in [0.1, 0.15) is 29.8 Å². The van der Waals surface area contributed by atoms with Crippen molar-refractivity contribution in [1.82, 2.24) is 10.6 Å². The summed E-state index contributed by atoms with van der Waals surface area (Å²) < 4.78 is 0.726. The van der Waals surface area contributed by atoms with Gasteiger partial charge in [0.2, 0.25) is 5.91 Å². The van der Waals surface area contributed by atoms with Gasteiger partial charge in [0.1, 0.15) is 0 Å². The number of amides is 2. The topological polar surface area (TPSA) is 58.2 Å². The van der Waals surface area contributed by atoms with Crippen LogP contribution in [0, 0.1) is 6.92 Å². The molecule has 0 aliphatic carbocycles. The van der Waals surface area contributed by atoms with Crippen molar-refractivity contribution in [2.75, 3.05) is 6.54 Å². The molecule has 0 unspecified atom stereocenters. The predicted molar refractivity (Wildman–Crippen MR) is 74.5 cm³/mol. The van der Waals surface area contributed by atoms with Crippen LogP contribution in [0.2, 0.25) is 0 Å². The summed E-state index contributed by atoms with van der Waals surface area (Å²) in [5, 5.41) is 5.29. The van der Waals surface area contributed by atoms with Crippen LogP contribution in [0.25, 0.3) is 0 Å². The van der Waals surface area contributed by atoms with E-state index in [0.717, 1.165) is 10.0 Å². The molecule has 0 aliphatic heterocycles. The average molecular weight is 313 g/mol. The first-order valence-corrected chi connectivity index (χ1v) is 6.53. The molecule has 0 fully saturated rings. The first-order chi connectivity index (χ1) is 8.40. The zero-order chi connectivity index (χ0) is 13.7. The molecule has 0 bridgehead atoms. The van der Waals surface area contributed by atoms with Gasteiger partial charge >= 0.3 is 0 Å². The first kappa shape index (κ1) is 14.7. The Morgan fingerprint density at radius 1 is 1.33 bits per heavy atom. The summed E-state index contributed by atoms with van der Waals surface area (Å²) in [5.74, 6) is -0.456. The second-order valence-corrected chi connectivity index (χ2v) is 5.24. The van der Waals surface area contributed by atoms with Crippen LogP contribution in [0.15, 0.2) is 22.7 Å². The van der Waals surface area contributed by atoms with Crippen LogP contribution in [0.3, 0.4) is 0 Å². The highest BCUT2D eigenvalue weighted by Gasteiger charge is 2.11. The maximum atomic E-state index is 11.8. The van der Waals surface area contributed by atoms with E-state index in [1.54, 1.807) is 6.07 Å². The molecule has 0 heterocycles. The van der Waals surface area contributed by atoms with Crippen molar-refractivity contribution < 1.29 is 9.59 Å². The molecule has 0 aromatic heterocycles. The van der Waals surface area contributed by atoms with E-state index >= 15 is 0 Å². The number of rotatable bonds is 4. The molecular weight excluding hydrogens is 296 g/mol. The summed E-state index contributed by atoms with van der Waals surface area (Å²) in [5.41, 5.74) is 1.59. The summed E-state index contributed by atoms with van der Waals surface area (Å²) in [6, 6.07) is 5.52. The molecule has 2 amide bonds. The summed E-state index contributed by atoms with van der Waals surface area (Å²) in [7, 11) is 0. The van der Waals surface area contributed by atoms with E-state index in [1.807, 2.05) is 32.9 Å². The van der Waals surface area contributed by atoms with Crippen LogP contribution in [-0.2, 0) is 4.79 Å². The summed E-state index contributed by atoms with van der Waals surface area (Å²) >= 11 is 3.33. The van der Waals surface area contributed by atoms with Gasteiger partial charge in [-0.25, -0.2) is 0 Å². The average Bonchev–Trinajstić information content (AvgIpc) is 2.25. The number of carbonyl (C=O) groups excluding carboxylic acids is 2. The predicted octanol–water partition coefficient (Wildman–Crippen LogP) is 2.01. The minimum atomic E-state index is -0.263. The molecule has 0 spiro atoms. The molecule has 0 saturated carbocycles. The van der Waals surface area contributed by atoms with Gasteiger partial charge in [0.25, 0.3) is 5.91 Å². The Morgan fingerprint density at radius 3 is 2.56 bits per heavy atom. The summed E-state index contributed by atoms with van der Waals surface area (Å²) in [6.45, 7) is 5.67. The van der Waals surface area contributed by atoms with Crippen LogP contribution in [0.4, 0.5) is 0 Å². The normalized spacial score (nSPS) is 10.3. The minimum Gasteiger partial charge on any atom is -0.352 e. The lowest BCUT2D eigenvalue weighted by Crippen LogP contribution is -2.39. The van der Waals surface area contributed by atoms with E-state index in [2.05, 4.69) is 26.6 Å². The Kier molecular flexibility index (Phi) is 5.34. The monoisotopic (exact) mass is 312 g/mol. The third-order valence-electron chi connectivity index (χ3n) is 2.23. The van der Waals surface area contributed by atoms with Crippen LogP contribution in [0.5, 0.6) is 0 Å². The molecule has 4 nitrogen and oxygen atoms in total. The highest BCUT2D eigenvalue weighted by Crippen LogP contribution is 2.17. The number of carbonyl (C=O) groups is 2. The smallest absolute Gasteiger partial charge is 0.252 e. The summed E-state index contributed by atoms with van der Waals surface area (Å²) in [6.07, 6.45) is 0. The largest absolute Gasteiger partial charge is 0.352 e. The van der Waals surface area contributed by atoms with Gasteiger partial charge in [0, 0.05) is 10.5 Å². The molecule has 0 radical (unpaired) electrons. The first-order valence-electron chi connectivity index (χ1n) is 5.74. The maximum absolute atomic E-state index is 11.8. The number of halogens is 1. The molecule has 2 N–H and O–H groups in total. The Balaban J connectivity index is 2.58. The number of hydrogen-bond acceptors (Lipinski definition) is 2. The third-order valence-corrected chi connectivity index (χ3v) is 2.88. The SMILES string of the molecule is Cc1ccc(C(=O)NCC(=O)NC(C)C)c(Br)c1. The number of nitrogens with one attached hydrogen (secondary N) is 2. The van der Waals surface area contributed by atoms with Crippen molar-refractivity contribution in [3.05, 3.63) is 33.8 Å². The maximum Gasteiger partial charge on any atom is 0.252 e. The van der Waals surface area contributed by atoms with Crippen LogP contribution < -0.4 is 10.6 Å². The second-order valence-electron chi connectivity index (χ2n) is 4.39. The fraction of sp³-hybridized carbons (Fsp3) is 0.385. The molecule has 18 heavy (non-hydrogen) atoms. The van der Waals surface area contributed by atoms with E-state index in [0.29, 0.717) is 5.56 Å². The van der Waals surface area contributed by atoms with Gasteiger partial charge in [-0.3, -0.25) is 9.59 Å². The van der Waals surface area contributed by atoms with Gasteiger partial charge in [0.15, 0.2) is 0 Å². The summed E-state index contributed by atoms with van der Waals surface area (Å²) in [4.78, 5) is 23.2. The second kappa shape index (κ2) is 6.54. The minimum absolute atomic E-state index is 0.0165. The van der Waals surface area contributed by atoms with E-state index < -0.39 is 0 Å². The molecule has 98 valence electrons. The number of hydrogen-bond donors (Lipinski definition) is 2. The lowest BCUT2D eigenvalue weighted by atomic mass is 10.1. The molecule has 0 atom stereocenters.